The van der Waals surface area contributed by atoms with Crippen LogP contribution in [-0.4, -0.2) is 21.3 Å². The lowest BCUT2D eigenvalue weighted by molar-refractivity contribution is 0.353. The van der Waals surface area contributed by atoms with Crippen LogP contribution in [0.2, 0.25) is 0 Å². The Bertz CT molecular complexity index is 734. The Balaban J connectivity index is 0.000000271. The normalized spacial score (nSPS) is 11.3. The summed E-state index contributed by atoms with van der Waals surface area (Å²) in [5, 5.41) is 0. The zero-order valence-electron chi connectivity index (χ0n) is 18.7. The average molecular weight is 373 g/mol. The van der Waals surface area contributed by atoms with E-state index in [0.717, 1.165) is 17.2 Å². The molecule has 27 heavy (non-hydrogen) atoms. The smallest absolute Gasteiger partial charge is 0.161 e. The summed E-state index contributed by atoms with van der Waals surface area (Å²) < 4.78 is 15.7. The lowest BCUT2D eigenvalue weighted by Gasteiger charge is -2.20. The molecule has 0 aromatic heterocycles. The van der Waals surface area contributed by atoms with E-state index >= 15 is 0 Å². The third-order valence-corrected chi connectivity index (χ3v) is 4.40. The molecule has 0 aliphatic carbocycles. The molecule has 3 heteroatoms. The number of benzene rings is 2. The Morgan fingerprint density at radius 2 is 1.15 bits per heavy atom. The van der Waals surface area contributed by atoms with Crippen molar-refractivity contribution in [1.82, 2.24) is 0 Å². The summed E-state index contributed by atoms with van der Waals surface area (Å²) in [5.41, 5.74) is 4.16. The SMILES string of the molecule is COc1cc(C)cc(C(C)(C)C)c1.COc1ccc(C(C)(C)C)cc1OC. The fourth-order valence-electron chi connectivity index (χ4n) is 2.60. The molecular weight excluding hydrogens is 336 g/mol. The summed E-state index contributed by atoms with van der Waals surface area (Å²) in [6.45, 7) is 15.2. The van der Waals surface area contributed by atoms with E-state index in [1.54, 1.807) is 21.3 Å². The molecule has 0 aliphatic heterocycles. The summed E-state index contributed by atoms with van der Waals surface area (Å²) in [7, 11) is 5.01. The minimum Gasteiger partial charge on any atom is -0.497 e. The van der Waals surface area contributed by atoms with Gasteiger partial charge in [-0.2, -0.15) is 0 Å². The third-order valence-electron chi connectivity index (χ3n) is 4.40. The highest BCUT2D eigenvalue weighted by molar-refractivity contribution is 5.44. The number of methoxy groups -OCH3 is 3. The minimum absolute atomic E-state index is 0.138. The zero-order chi connectivity index (χ0) is 20.8. The standard InChI is InChI=1S/C12H18O2.C12H18O/c1-12(2,3)9-6-7-10(13-4)11(8-9)14-5;1-9-6-10(12(2,3)4)8-11(7-9)13-5/h6-8H,1-5H3;6-8H,1-5H3. The van der Waals surface area contributed by atoms with E-state index in [0.29, 0.717) is 0 Å². The fraction of sp³-hybridized carbons (Fsp3) is 0.500. The van der Waals surface area contributed by atoms with Gasteiger partial charge in [0.15, 0.2) is 11.5 Å². The second kappa shape index (κ2) is 9.16. The Morgan fingerprint density at radius 1 is 0.593 bits per heavy atom. The predicted octanol–water partition coefficient (Wildman–Crippen LogP) is 6.30. The molecule has 2 aromatic carbocycles. The molecule has 0 saturated heterocycles. The van der Waals surface area contributed by atoms with Gasteiger partial charge in [0.2, 0.25) is 0 Å². The topological polar surface area (TPSA) is 27.7 Å². The van der Waals surface area contributed by atoms with Gasteiger partial charge in [-0.15, -0.1) is 0 Å². The van der Waals surface area contributed by atoms with Crippen LogP contribution < -0.4 is 14.2 Å². The van der Waals surface area contributed by atoms with Gasteiger partial charge >= 0.3 is 0 Å². The summed E-state index contributed by atoms with van der Waals surface area (Å²) in [6, 6.07) is 12.4. The average Bonchev–Trinajstić information content (AvgIpc) is 2.59. The second-order valence-electron chi connectivity index (χ2n) is 8.81. The van der Waals surface area contributed by atoms with E-state index in [-0.39, 0.29) is 10.8 Å². The van der Waals surface area contributed by atoms with Crippen molar-refractivity contribution in [3.8, 4) is 17.2 Å². The first-order chi connectivity index (χ1) is 12.4. The van der Waals surface area contributed by atoms with E-state index in [2.05, 4.69) is 72.7 Å². The highest BCUT2D eigenvalue weighted by atomic mass is 16.5. The van der Waals surface area contributed by atoms with E-state index < -0.39 is 0 Å². The molecule has 0 heterocycles. The molecule has 0 N–H and O–H groups in total. The number of ether oxygens (including phenoxy) is 3. The van der Waals surface area contributed by atoms with Crippen LogP contribution in [0.1, 0.15) is 58.2 Å². The summed E-state index contributed by atoms with van der Waals surface area (Å²) in [4.78, 5) is 0. The molecule has 0 amide bonds. The Labute approximate surface area is 165 Å². The molecule has 2 rings (SSSR count). The molecule has 3 nitrogen and oxygen atoms in total. The molecule has 0 radical (unpaired) electrons. The Morgan fingerprint density at radius 3 is 1.59 bits per heavy atom. The lowest BCUT2D eigenvalue weighted by Crippen LogP contribution is -2.11. The quantitative estimate of drug-likeness (QED) is 0.632. The van der Waals surface area contributed by atoms with Crippen molar-refractivity contribution in [2.24, 2.45) is 0 Å². The van der Waals surface area contributed by atoms with Crippen molar-refractivity contribution >= 4 is 0 Å². The summed E-state index contributed by atoms with van der Waals surface area (Å²) in [6.07, 6.45) is 0. The zero-order valence-corrected chi connectivity index (χ0v) is 18.7. The van der Waals surface area contributed by atoms with Gasteiger partial charge in [-0.05, 0) is 58.7 Å². The van der Waals surface area contributed by atoms with Gasteiger partial charge in [0.05, 0.1) is 21.3 Å². The van der Waals surface area contributed by atoms with E-state index in [9.17, 15) is 0 Å². The van der Waals surface area contributed by atoms with Gasteiger partial charge < -0.3 is 14.2 Å². The molecular formula is C24H36O3. The first kappa shape index (κ1) is 22.9. The summed E-state index contributed by atoms with van der Waals surface area (Å²) >= 11 is 0. The van der Waals surface area contributed by atoms with Gasteiger partial charge in [0.1, 0.15) is 5.75 Å². The van der Waals surface area contributed by atoms with E-state index in [1.165, 1.54) is 16.7 Å². The monoisotopic (exact) mass is 372 g/mol. The van der Waals surface area contributed by atoms with Crippen molar-refractivity contribution in [2.45, 2.75) is 59.3 Å². The molecule has 0 unspecified atom stereocenters. The van der Waals surface area contributed by atoms with Gasteiger partial charge in [-0.3, -0.25) is 0 Å². The first-order valence-electron chi connectivity index (χ1n) is 9.31. The lowest BCUT2D eigenvalue weighted by atomic mass is 9.86. The van der Waals surface area contributed by atoms with Crippen molar-refractivity contribution < 1.29 is 14.2 Å². The maximum absolute atomic E-state index is 5.25. The van der Waals surface area contributed by atoms with Crippen LogP contribution in [0.3, 0.4) is 0 Å². The van der Waals surface area contributed by atoms with Gasteiger partial charge in [0.25, 0.3) is 0 Å². The van der Waals surface area contributed by atoms with E-state index in [4.69, 9.17) is 14.2 Å². The van der Waals surface area contributed by atoms with Crippen LogP contribution in [0.25, 0.3) is 0 Å². The van der Waals surface area contributed by atoms with Crippen LogP contribution in [-0.2, 0) is 10.8 Å². The van der Waals surface area contributed by atoms with Crippen LogP contribution in [0, 0.1) is 6.92 Å². The van der Waals surface area contributed by atoms with Crippen molar-refractivity contribution in [2.75, 3.05) is 21.3 Å². The molecule has 150 valence electrons. The second-order valence-corrected chi connectivity index (χ2v) is 8.81. The maximum atomic E-state index is 5.25. The first-order valence-corrected chi connectivity index (χ1v) is 9.31. The maximum Gasteiger partial charge on any atom is 0.161 e. The van der Waals surface area contributed by atoms with Gasteiger partial charge in [0, 0.05) is 0 Å². The molecule has 0 atom stereocenters. The van der Waals surface area contributed by atoms with Crippen LogP contribution in [0.15, 0.2) is 36.4 Å². The number of aryl methyl sites for hydroxylation is 1. The highest BCUT2D eigenvalue weighted by Gasteiger charge is 2.16. The van der Waals surface area contributed by atoms with Gasteiger partial charge in [-0.25, -0.2) is 0 Å². The molecule has 2 aromatic rings. The van der Waals surface area contributed by atoms with Crippen LogP contribution >= 0.6 is 0 Å². The highest BCUT2D eigenvalue weighted by Crippen LogP contribution is 2.32. The number of hydrogen-bond acceptors (Lipinski definition) is 3. The molecule has 0 aliphatic rings. The fourth-order valence-corrected chi connectivity index (χ4v) is 2.60. The molecule has 0 saturated carbocycles. The molecule has 0 spiro atoms. The molecule has 0 fully saturated rings. The van der Waals surface area contributed by atoms with Crippen molar-refractivity contribution in [3.63, 3.8) is 0 Å². The van der Waals surface area contributed by atoms with Crippen molar-refractivity contribution in [3.05, 3.63) is 53.1 Å². The third kappa shape index (κ3) is 6.82. The summed E-state index contributed by atoms with van der Waals surface area (Å²) in [5.74, 6) is 2.52. The predicted molar refractivity (Wildman–Crippen MR) is 115 cm³/mol. The largest absolute Gasteiger partial charge is 0.497 e. The van der Waals surface area contributed by atoms with Crippen LogP contribution in [0.5, 0.6) is 17.2 Å². The molecule has 0 bridgehead atoms. The minimum atomic E-state index is 0.138. The Hall–Kier alpha value is -2.16. The van der Waals surface area contributed by atoms with E-state index in [1.807, 2.05) is 12.1 Å². The number of hydrogen-bond donors (Lipinski definition) is 0. The van der Waals surface area contributed by atoms with Crippen molar-refractivity contribution in [1.29, 1.82) is 0 Å². The Kier molecular flexibility index (Phi) is 7.77. The van der Waals surface area contributed by atoms with Gasteiger partial charge in [-0.1, -0.05) is 53.7 Å². The van der Waals surface area contributed by atoms with Crippen LogP contribution in [0.4, 0.5) is 0 Å². The number of rotatable bonds is 3.